The van der Waals surface area contributed by atoms with Gasteiger partial charge in [0.1, 0.15) is 5.60 Å². The molecular formula is C21H29N3O3. The molecule has 0 saturated carbocycles. The zero-order valence-corrected chi connectivity index (χ0v) is 16.2. The van der Waals surface area contributed by atoms with Crippen LogP contribution in [0.5, 0.6) is 0 Å². The standard InChI is InChI=1S/C21H29N3O3/c1-22(15-16-23-11-5-2-6-12-23)20(26)24-13-9-21(10-14-24)18-8-4-3-7-17(18)19(25)27-21/h3-4,7-8H,2,5-6,9-16H2,1H3. The monoisotopic (exact) mass is 371 g/mol. The van der Waals surface area contributed by atoms with E-state index in [-0.39, 0.29) is 12.0 Å². The van der Waals surface area contributed by atoms with Gasteiger partial charge in [-0.1, -0.05) is 24.6 Å². The Morgan fingerprint density at radius 2 is 1.81 bits per heavy atom. The Hall–Kier alpha value is -2.08. The summed E-state index contributed by atoms with van der Waals surface area (Å²) in [4.78, 5) is 31.2. The average Bonchev–Trinajstić information content (AvgIpc) is 2.99. The fraction of sp³-hybridized carbons (Fsp3) is 0.619. The minimum absolute atomic E-state index is 0.0828. The molecular weight excluding hydrogens is 342 g/mol. The number of piperidine rings is 2. The van der Waals surface area contributed by atoms with E-state index >= 15 is 0 Å². The molecule has 1 aromatic rings. The van der Waals surface area contributed by atoms with E-state index in [1.54, 1.807) is 0 Å². The molecule has 27 heavy (non-hydrogen) atoms. The lowest BCUT2D eigenvalue weighted by molar-refractivity contribution is -0.0384. The molecule has 0 N–H and O–H groups in total. The van der Waals surface area contributed by atoms with Crippen molar-refractivity contribution in [1.29, 1.82) is 0 Å². The number of rotatable bonds is 3. The number of hydrogen-bond donors (Lipinski definition) is 0. The van der Waals surface area contributed by atoms with Gasteiger partial charge in [0.25, 0.3) is 0 Å². The number of fused-ring (bicyclic) bond motifs is 2. The van der Waals surface area contributed by atoms with Crippen molar-refractivity contribution in [2.75, 3.05) is 46.3 Å². The van der Waals surface area contributed by atoms with Crippen LogP contribution in [-0.2, 0) is 10.3 Å². The number of nitrogens with zero attached hydrogens (tertiary/aromatic N) is 3. The van der Waals surface area contributed by atoms with Gasteiger partial charge in [0.2, 0.25) is 0 Å². The normalized spacial score (nSPS) is 21.8. The highest BCUT2D eigenvalue weighted by Crippen LogP contribution is 2.44. The average molecular weight is 371 g/mol. The molecule has 0 unspecified atom stereocenters. The Bertz CT molecular complexity index is 706. The van der Waals surface area contributed by atoms with E-state index in [0.29, 0.717) is 31.5 Å². The number of carbonyl (C=O) groups excluding carboxylic acids is 2. The van der Waals surface area contributed by atoms with Gasteiger partial charge in [-0.3, -0.25) is 0 Å². The van der Waals surface area contributed by atoms with Crippen LogP contribution in [0.25, 0.3) is 0 Å². The molecule has 2 fully saturated rings. The van der Waals surface area contributed by atoms with Crippen molar-refractivity contribution < 1.29 is 14.3 Å². The Morgan fingerprint density at radius 3 is 2.56 bits per heavy atom. The number of likely N-dealkylation sites (tertiary alicyclic amines) is 2. The fourth-order valence-corrected chi connectivity index (χ4v) is 4.59. The van der Waals surface area contributed by atoms with Gasteiger partial charge < -0.3 is 19.4 Å². The van der Waals surface area contributed by atoms with Gasteiger partial charge >= 0.3 is 12.0 Å². The zero-order chi connectivity index (χ0) is 18.9. The molecule has 2 amide bonds. The number of ether oxygens (including phenoxy) is 1. The van der Waals surface area contributed by atoms with Gasteiger partial charge in [0, 0.05) is 51.6 Å². The molecule has 0 aliphatic carbocycles. The van der Waals surface area contributed by atoms with E-state index in [1.165, 1.54) is 19.3 Å². The van der Waals surface area contributed by atoms with Crippen LogP contribution in [0.4, 0.5) is 4.79 Å². The smallest absolute Gasteiger partial charge is 0.339 e. The van der Waals surface area contributed by atoms with E-state index in [0.717, 1.165) is 31.7 Å². The van der Waals surface area contributed by atoms with Crippen LogP contribution in [0.3, 0.4) is 0 Å². The highest BCUT2D eigenvalue weighted by Gasteiger charge is 2.47. The van der Waals surface area contributed by atoms with Crippen molar-refractivity contribution in [3.05, 3.63) is 35.4 Å². The number of benzene rings is 1. The summed E-state index contributed by atoms with van der Waals surface area (Å²) < 4.78 is 5.78. The first-order chi connectivity index (χ1) is 13.1. The Kier molecular flexibility index (Phi) is 5.08. The van der Waals surface area contributed by atoms with Crippen molar-refractivity contribution in [3.8, 4) is 0 Å². The van der Waals surface area contributed by atoms with Crippen molar-refractivity contribution in [2.24, 2.45) is 0 Å². The molecule has 1 aromatic carbocycles. The van der Waals surface area contributed by atoms with Crippen LogP contribution in [0.15, 0.2) is 24.3 Å². The van der Waals surface area contributed by atoms with E-state index in [2.05, 4.69) is 4.90 Å². The van der Waals surface area contributed by atoms with Crippen LogP contribution < -0.4 is 0 Å². The summed E-state index contributed by atoms with van der Waals surface area (Å²) in [6, 6.07) is 7.73. The summed E-state index contributed by atoms with van der Waals surface area (Å²) >= 11 is 0. The minimum Gasteiger partial charge on any atom is -0.450 e. The Balaban J connectivity index is 1.32. The molecule has 0 radical (unpaired) electrons. The van der Waals surface area contributed by atoms with Gasteiger partial charge in [0.05, 0.1) is 5.56 Å². The van der Waals surface area contributed by atoms with Crippen molar-refractivity contribution in [2.45, 2.75) is 37.7 Å². The molecule has 1 spiro atoms. The summed E-state index contributed by atoms with van der Waals surface area (Å²) in [6.45, 7) is 5.25. The summed E-state index contributed by atoms with van der Waals surface area (Å²) in [5.74, 6) is -0.232. The van der Waals surface area contributed by atoms with Crippen molar-refractivity contribution in [1.82, 2.24) is 14.7 Å². The Labute approximate surface area is 161 Å². The summed E-state index contributed by atoms with van der Waals surface area (Å²) in [7, 11) is 1.89. The first kappa shape index (κ1) is 18.3. The first-order valence-electron chi connectivity index (χ1n) is 10.1. The summed E-state index contributed by atoms with van der Waals surface area (Å²) in [5, 5.41) is 0. The zero-order valence-electron chi connectivity index (χ0n) is 16.2. The third kappa shape index (κ3) is 3.55. The molecule has 0 atom stereocenters. The van der Waals surface area contributed by atoms with Crippen LogP contribution in [0, 0.1) is 0 Å². The number of amides is 2. The van der Waals surface area contributed by atoms with Crippen molar-refractivity contribution in [3.63, 3.8) is 0 Å². The summed E-state index contributed by atoms with van der Waals surface area (Å²) in [5.41, 5.74) is 1.12. The lowest BCUT2D eigenvalue weighted by Crippen LogP contribution is -2.50. The number of carbonyl (C=O) groups is 2. The number of likely N-dealkylation sites (N-methyl/N-ethyl adjacent to an activating group) is 1. The van der Waals surface area contributed by atoms with Crippen LogP contribution in [0.2, 0.25) is 0 Å². The molecule has 3 aliphatic heterocycles. The second kappa shape index (κ2) is 7.50. The molecule has 6 heteroatoms. The van der Waals surface area contributed by atoms with E-state index in [1.807, 2.05) is 41.1 Å². The summed E-state index contributed by atoms with van der Waals surface area (Å²) in [6.07, 6.45) is 5.20. The van der Waals surface area contributed by atoms with Gasteiger partial charge in [-0.25, -0.2) is 9.59 Å². The molecule has 3 aliphatic rings. The van der Waals surface area contributed by atoms with Crippen LogP contribution in [0.1, 0.15) is 48.0 Å². The van der Waals surface area contributed by atoms with Crippen LogP contribution in [-0.4, -0.2) is 73.0 Å². The number of esters is 1. The van der Waals surface area contributed by atoms with Crippen molar-refractivity contribution >= 4 is 12.0 Å². The van der Waals surface area contributed by atoms with E-state index in [9.17, 15) is 9.59 Å². The lowest BCUT2D eigenvalue weighted by atomic mass is 9.84. The van der Waals surface area contributed by atoms with Crippen LogP contribution >= 0.6 is 0 Å². The fourth-order valence-electron chi connectivity index (χ4n) is 4.59. The molecule has 3 heterocycles. The molecule has 0 bridgehead atoms. The van der Waals surface area contributed by atoms with Gasteiger partial charge in [-0.2, -0.15) is 0 Å². The van der Waals surface area contributed by atoms with Gasteiger partial charge in [0.15, 0.2) is 0 Å². The third-order valence-electron chi connectivity index (χ3n) is 6.29. The molecule has 4 rings (SSSR count). The van der Waals surface area contributed by atoms with Gasteiger partial charge in [-0.15, -0.1) is 0 Å². The van der Waals surface area contributed by atoms with Gasteiger partial charge in [-0.05, 0) is 32.0 Å². The van der Waals surface area contributed by atoms with E-state index in [4.69, 9.17) is 4.74 Å². The SMILES string of the molecule is CN(CCN1CCCCC1)C(=O)N1CCC2(CC1)OC(=O)c1ccccc12. The maximum Gasteiger partial charge on any atom is 0.339 e. The third-order valence-corrected chi connectivity index (χ3v) is 6.29. The number of hydrogen-bond acceptors (Lipinski definition) is 4. The largest absolute Gasteiger partial charge is 0.450 e. The van der Waals surface area contributed by atoms with E-state index < -0.39 is 5.60 Å². The number of urea groups is 1. The quantitative estimate of drug-likeness (QED) is 0.767. The molecule has 2 saturated heterocycles. The molecule has 0 aromatic heterocycles. The lowest BCUT2D eigenvalue weighted by Gasteiger charge is -2.40. The predicted molar refractivity (Wildman–Crippen MR) is 103 cm³/mol. The highest BCUT2D eigenvalue weighted by atomic mass is 16.6. The highest BCUT2D eigenvalue weighted by molar-refractivity contribution is 5.94. The molecule has 146 valence electrons. The predicted octanol–water partition coefficient (Wildman–Crippen LogP) is 2.69. The second-order valence-electron chi connectivity index (χ2n) is 8.02. The maximum atomic E-state index is 12.8. The molecule has 6 nitrogen and oxygen atoms in total. The topological polar surface area (TPSA) is 53.1 Å². The second-order valence-corrected chi connectivity index (χ2v) is 8.02. The Morgan fingerprint density at radius 1 is 1.11 bits per heavy atom. The first-order valence-corrected chi connectivity index (χ1v) is 10.1. The maximum absolute atomic E-state index is 12.8. The minimum atomic E-state index is -0.545.